The molecule has 1 unspecified atom stereocenters. The van der Waals surface area contributed by atoms with E-state index in [0.29, 0.717) is 6.04 Å². The van der Waals surface area contributed by atoms with E-state index in [-0.39, 0.29) is 0 Å². The van der Waals surface area contributed by atoms with Gasteiger partial charge in [0.1, 0.15) is 5.82 Å². The standard InChI is InChI=1S/C8H12BrN3/c1-7(5-9)12-6-8-10-3-2-4-11-8/h2-4,7,12H,5-6H2,1H3. The maximum atomic E-state index is 4.10. The summed E-state index contributed by atoms with van der Waals surface area (Å²) in [7, 11) is 0. The highest BCUT2D eigenvalue weighted by atomic mass is 79.9. The van der Waals surface area contributed by atoms with Crippen LogP contribution in [-0.4, -0.2) is 21.3 Å². The van der Waals surface area contributed by atoms with Gasteiger partial charge in [-0.25, -0.2) is 9.97 Å². The van der Waals surface area contributed by atoms with Crippen molar-refractivity contribution >= 4 is 15.9 Å². The van der Waals surface area contributed by atoms with Crippen molar-refractivity contribution in [1.29, 1.82) is 0 Å². The molecule has 0 aliphatic heterocycles. The van der Waals surface area contributed by atoms with Gasteiger partial charge in [0.15, 0.2) is 0 Å². The first-order valence-corrected chi connectivity index (χ1v) is 5.00. The monoisotopic (exact) mass is 229 g/mol. The van der Waals surface area contributed by atoms with Crippen LogP contribution in [0.4, 0.5) is 0 Å². The fourth-order valence-corrected chi connectivity index (χ4v) is 0.970. The fourth-order valence-electron chi connectivity index (χ4n) is 0.741. The second kappa shape index (κ2) is 5.22. The summed E-state index contributed by atoms with van der Waals surface area (Å²) in [6.45, 7) is 2.84. The Morgan fingerprint density at radius 1 is 1.50 bits per heavy atom. The molecule has 1 atom stereocenters. The highest BCUT2D eigenvalue weighted by Crippen LogP contribution is 1.91. The van der Waals surface area contributed by atoms with E-state index in [0.717, 1.165) is 17.7 Å². The normalized spacial score (nSPS) is 12.8. The van der Waals surface area contributed by atoms with Crippen molar-refractivity contribution in [3.63, 3.8) is 0 Å². The van der Waals surface area contributed by atoms with Gasteiger partial charge in [-0.05, 0) is 13.0 Å². The molecule has 0 amide bonds. The lowest BCUT2D eigenvalue weighted by atomic mass is 10.4. The van der Waals surface area contributed by atoms with Crippen molar-refractivity contribution in [2.45, 2.75) is 19.5 Å². The van der Waals surface area contributed by atoms with Crippen molar-refractivity contribution in [1.82, 2.24) is 15.3 Å². The van der Waals surface area contributed by atoms with E-state index in [1.807, 2.05) is 6.07 Å². The molecule has 1 rings (SSSR count). The third-order valence-electron chi connectivity index (χ3n) is 1.46. The van der Waals surface area contributed by atoms with E-state index >= 15 is 0 Å². The summed E-state index contributed by atoms with van der Waals surface area (Å²) in [6, 6.07) is 2.27. The molecule has 4 heteroatoms. The van der Waals surface area contributed by atoms with Gasteiger partial charge in [0, 0.05) is 23.8 Å². The lowest BCUT2D eigenvalue weighted by Gasteiger charge is -2.08. The van der Waals surface area contributed by atoms with Crippen molar-refractivity contribution in [2.75, 3.05) is 5.33 Å². The Morgan fingerprint density at radius 2 is 2.17 bits per heavy atom. The van der Waals surface area contributed by atoms with Gasteiger partial charge in [-0.3, -0.25) is 0 Å². The molecule has 0 saturated heterocycles. The zero-order valence-electron chi connectivity index (χ0n) is 7.00. The van der Waals surface area contributed by atoms with Crippen LogP contribution in [-0.2, 0) is 6.54 Å². The Bertz CT molecular complexity index is 215. The van der Waals surface area contributed by atoms with Gasteiger partial charge < -0.3 is 5.32 Å². The van der Waals surface area contributed by atoms with Crippen LogP contribution in [0.15, 0.2) is 18.5 Å². The van der Waals surface area contributed by atoms with Gasteiger partial charge in [0.05, 0.1) is 6.54 Å². The van der Waals surface area contributed by atoms with Gasteiger partial charge in [0.25, 0.3) is 0 Å². The van der Waals surface area contributed by atoms with E-state index in [4.69, 9.17) is 0 Å². The number of alkyl halides is 1. The molecule has 0 fully saturated rings. The van der Waals surface area contributed by atoms with E-state index in [1.165, 1.54) is 0 Å². The number of halogens is 1. The molecule has 0 aliphatic carbocycles. The topological polar surface area (TPSA) is 37.8 Å². The summed E-state index contributed by atoms with van der Waals surface area (Å²) >= 11 is 3.38. The fraction of sp³-hybridized carbons (Fsp3) is 0.500. The molecule has 0 bridgehead atoms. The van der Waals surface area contributed by atoms with Gasteiger partial charge in [0.2, 0.25) is 0 Å². The number of hydrogen-bond donors (Lipinski definition) is 1. The number of nitrogens with one attached hydrogen (secondary N) is 1. The van der Waals surface area contributed by atoms with Crippen LogP contribution in [0.1, 0.15) is 12.7 Å². The molecular weight excluding hydrogens is 218 g/mol. The van der Waals surface area contributed by atoms with Crippen molar-refractivity contribution in [2.24, 2.45) is 0 Å². The first kappa shape index (κ1) is 9.61. The first-order valence-electron chi connectivity index (χ1n) is 3.88. The quantitative estimate of drug-likeness (QED) is 0.793. The van der Waals surface area contributed by atoms with Gasteiger partial charge in [-0.15, -0.1) is 0 Å². The molecule has 1 N–H and O–H groups in total. The van der Waals surface area contributed by atoms with E-state index in [1.54, 1.807) is 12.4 Å². The SMILES string of the molecule is CC(CBr)NCc1ncccn1. The van der Waals surface area contributed by atoms with E-state index < -0.39 is 0 Å². The smallest absolute Gasteiger partial charge is 0.141 e. The average Bonchev–Trinajstić information content (AvgIpc) is 2.16. The molecule has 0 spiro atoms. The van der Waals surface area contributed by atoms with Crippen LogP contribution in [0.3, 0.4) is 0 Å². The maximum Gasteiger partial charge on any atom is 0.141 e. The van der Waals surface area contributed by atoms with Gasteiger partial charge >= 0.3 is 0 Å². The number of hydrogen-bond acceptors (Lipinski definition) is 3. The Kier molecular flexibility index (Phi) is 4.18. The zero-order chi connectivity index (χ0) is 8.81. The largest absolute Gasteiger partial charge is 0.306 e. The lowest BCUT2D eigenvalue weighted by molar-refractivity contribution is 0.581. The minimum Gasteiger partial charge on any atom is -0.306 e. The lowest BCUT2D eigenvalue weighted by Crippen LogP contribution is -2.27. The van der Waals surface area contributed by atoms with Crippen molar-refractivity contribution < 1.29 is 0 Å². The zero-order valence-corrected chi connectivity index (χ0v) is 8.58. The van der Waals surface area contributed by atoms with Crippen LogP contribution >= 0.6 is 15.9 Å². The van der Waals surface area contributed by atoms with Crippen molar-refractivity contribution in [3.8, 4) is 0 Å². The van der Waals surface area contributed by atoms with Crippen LogP contribution < -0.4 is 5.32 Å². The number of nitrogens with zero attached hydrogens (tertiary/aromatic N) is 2. The second-order valence-corrected chi connectivity index (χ2v) is 3.25. The number of aromatic nitrogens is 2. The minimum atomic E-state index is 0.453. The molecule has 1 aromatic heterocycles. The van der Waals surface area contributed by atoms with Crippen LogP contribution in [0.5, 0.6) is 0 Å². The number of rotatable bonds is 4. The minimum absolute atomic E-state index is 0.453. The van der Waals surface area contributed by atoms with Gasteiger partial charge in [-0.2, -0.15) is 0 Å². The Labute approximate surface area is 80.7 Å². The molecule has 0 radical (unpaired) electrons. The summed E-state index contributed by atoms with van der Waals surface area (Å²) in [5.74, 6) is 0.838. The molecule has 0 saturated carbocycles. The molecule has 12 heavy (non-hydrogen) atoms. The second-order valence-electron chi connectivity index (χ2n) is 2.60. The summed E-state index contributed by atoms with van der Waals surface area (Å²) in [5.41, 5.74) is 0. The predicted octanol–water partition coefficient (Wildman–Crippen LogP) is 1.35. The van der Waals surface area contributed by atoms with Crippen LogP contribution in [0.2, 0.25) is 0 Å². The molecule has 0 aliphatic rings. The summed E-state index contributed by atoms with van der Waals surface area (Å²) in [4.78, 5) is 8.19. The van der Waals surface area contributed by atoms with E-state index in [9.17, 15) is 0 Å². The molecule has 3 nitrogen and oxygen atoms in total. The summed E-state index contributed by atoms with van der Waals surface area (Å²) in [5, 5.41) is 4.22. The van der Waals surface area contributed by atoms with Crippen LogP contribution in [0, 0.1) is 0 Å². The van der Waals surface area contributed by atoms with Gasteiger partial charge in [-0.1, -0.05) is 15.9 Å². The molecule has 1 heterocycles. The third-order valence-corrected chi connectivity index (χ3v) is 2.43. The third kappa shape index (κ3) is 3.28. The first-order chi connectivity index (χ1) is 5.83. The Balaban J connectivity index is 2.33. The molecule has 66 valence electrons. The highest BCUT2D eigenvalue weighted by Gasteiger charge is 1.99. The Morgan fingerprint density at radius 3 is 2.75 bits per heavy atom. The van der Waals surface area contributed by atoms with Crippen molar-refractivity contribution in [3.05, 3.63) is 24.3 Å². The Hall–Kier alpha value is -0.480. The molecule has 0 aromatic carbocycles. The molecular formula is C8H12BrN3. The highest BCUT2D eigenvalue weighted by molar-refractivity contribution is 9.09. The summed E-state index contributed by atoms with van der Waals surface area (Å²) in [6.07, 6.45) is 3.51. The maximum absolute atomic E-state index is 4.10. The predicted molar refractivity (Wildman–Crippen MR) is 52.1 cm³/mol. The van der Waals surface area contributed by atoms with Crippen LogP contribution in [0.25, 0.3) is 0 Å². The average molecular weight is 230 g/mol. The summed E-state index contributed by atoms with van der Waals surface area (Å²) < 4.78 is 0. The van der Waals surface area contributed by atoms with E-state index in [2.05, 4.69) is 38.1 Å². The molecule has 1 aromatic rings.